The van der Waals surface area contributed by atoms with Crippen molar-refractivity contribution >= 4 is 11.9 Å². The van der Waals surface area contributed by atoms with Gasteiger partial charge < -0.3 is 19.3 Å². The van der Waals surface area contributed by atoms with E-state index < -0.39 is 41.8 Å². The summed E-state index contributed by atoms with van der Waals surface area (Å²) in [5.74, 6) is -1.65. The molecule has 0 aliphatic carbocycles. The largest absolute Gasteiger partial charge is 0.481 e. The van der Waals surface area contributed by atoms with Gasteiger partial charge in [0, 0.05) is 19.3 Å². The van der Waals surface area contributed by atoms with Crippen LogP contribution in [0, 0.1) is 0 Å². The van der Waals surface area contributed by atoms with Crippen LogP contribution in [-0.4, -0.2) is 52.3 Å². The third-order valence-electron chi connectivity index (χ3n) is 3.52. The second kappa shape index (κ2) is 7.04. The van der Waals surface area contributed by atoms with Gasteiger partial charge >= 0.3 is 12.1 Å². The summed E-state index contributed by atoms with van der Waals surface area (Å²) < 4.78 is 44.0. The van der Waals surface area contributed by atoms with Crippen molar-refractivity contribution in [1.82, 2.24) is 9.47 Å². The molecule has 24 heavy (non-hydrogen) atoms. The third-order valence-corrected chi connectivity index (χ3v) is 3.52. The Morgan fingerprint density at radius 3 is 2.71 bits per heavy atom. The molecule has 2 heterocycles. The molecule has 7 nitrogen and oxygen atoms in total. The maximum atomic E-state index is 12.7. The van der Waals surface area contributed by atoms with Crippen molar-refractivity contribution in [3.8, 4) is 0 Å². The van der Waals surface area contributed by atoms with Crippen LogP contribution in [0.15, 0.2) is 23.1 Å². The van der Waals surface area contributed by atoms with Gasteiger partial charge in [-0.1, -0.05) is 0 Å². The Bertz CT molecular complexity index is 686. The highest BCUT2D eigenvalue weighted by atomic mass is 19.4. The fraction of sp³-hybridized carbons (Fsp3) is 0.500. The SMILES string of the molecule is O=C(O)CC1CN(C(=O)Cn2cccc(C(F)(F)F)c2=O)CCO1. The number of alkyl halides is 3. The number of rotatable bonds is 4. The Balaban J connectivity index is 2.10. The summed E-state index contributed by atoms with van der Waals surface area (Å²) in [6.45, 7) is -0.231. The number of nitrogens with zero attached hydrogens (tertiary/aromatic N) is 2. The number of ether oxygens (including phenoxy) is 1. The van der Waals surface area contributed by atoms with Crippen molar-refractivity contribution in [2.75, 3.05) is 19.7 Å². The Morgan fingerprint density at radius 2 is 2.08 bits per heavy atom. The lowest BCUT2D eigenvalue weighted by atomic mass is 10.2. The number of aromatic nitrogens is 1. The molecule has 0 spiro atoms. The van der Waals surface area contributed by atoms with Gasteiger partial charge in [-0.2, -0.15) is 13.2 Å². The summed E-state index contributed by atoms with van der Waals surface area (Å²) in [7, 11) is 0. The van der Waals surface area contributed by atoms with E-state index >= 15 is 0 Å². The zero-order chi connectivity index (χ0) is 17.9. The standard InChI is InChI=1S/C14H15F3N2O5/c15-14(16,17)10-2-1-3-19(13(10)23)8-11(20)18-4-5-24-9(7-18)6-12(21)22/h1-3,9H,4-8H2,(H,21,22). The van der Waals surface area contributed by atoms with E-state index in [1.165, 1.54) is 4.90 Å². The zero-order valence-electron chi connectivity index (χ0n) is 12.5. The Kier molecular flexibility index (Phi) is 5.27. The van der Waals surface area contributed by atoms with Crippen LogP contribution in [0.4, 0.5) is 13.2 Å². The number of amides is 1. The number of aliphatic carboxylic acids is 1. The van der Waals surface area contributed by atoms with Crippen LogP contribution < -0.4 is 5.56 Å². The molecule has 1 unspecified atom stereocenters. The van der Waals surface area contributed by atoms with E-state index in [2.05, 4.69) is 0 Å². The number of carboxylic acid groups (broad SMARTS) is 1. The van der Waals surface area contributed by atoms with Crippen molar-refractivity contribution in [2.24, 2.45) is 0 Å². The van der Waals surface area contributed by atoms with Crippen LogP contribution >= 0.6 is 0 Å². The van der Waals surface area contributed by atoms with Crippen molar-refractivity contribution in [3.63, 3.8) is 0 Å². The maximum absolute atomic E-state index is 12.7. The molecule has 1 aromatic heterocycles. The van der Waals surface area contributed by atoms with Gasteiger partial charge in [0.1, 0.15) is 12.1 Å². The van der Waals surface area contributed by atoms with Gasteiger partial charge in [0.05, 0.1) is 19.1 Å². The first kappa shape index (κ1) is 18.0. The van der Waals surface area contributed by atoms with Crippen LogP contribution in [0.25, 0.3) is 0 Å². The molecule has 1 fully saturated rings. The summed E-state index contributed by atoms with van der Waals surface area (Å²) in [5, 5.41) is 8.73. The minimum atomic E-state index is -4.80. The van der Waals surface area contributed by atoms with Crippen LogP contribution in [0.3, 0.4) is 0 Å². The molecule has 0 saturated carbocycles. The lowest BCUT2D eigenvalue weighted by molar-refractivity contribution is -0.148. The molecule has 0 aromatic carbocycles. The molecule has 1 saturated heterocycles. The molecule has 1 aliphatic rings. The molecule has 0 radical (unpaired) electrons. The number of hydrogen-bond donors (Lipinski definition) is 1. The van der Waals surface area contributed by atoms with Crippen molar-refractivity contribution in [1.29, 1.82) is 0 Å². The predicted octanol–water partition coefficient (Wildman–Crippen LogP) is 0.569. The fourth-order valence-electron chi connectivity index (χ4n) is 2.39. The van der Waals surface area contributed by atoms with Crippen LogP contribution in [-0.2, 0) is 27.0 Å². The van der Waals surface area contributed by atoms with Gasteiger partial charge in [0.15, 0.2) is 0 Å². The molecule has 132 valence electrons. The highest BCUT2D eigenvalue weighted by Crippen LogP contribution is 2.26. The lowest BCUT2D eigenvalue weighted by Crippen LogP contribution is -2.48. The van der Waals surface area contributed by atoms with E-state index in [9.17, 15) is 27.6 Å². The van der Waals surface area contributed by atoms with Gasteiger partial charge in [-0.25, -0.2) is 0 Å². The Morgan fingerprint density at radius 1 is 1.38 bits per heavy atom. The summed E-state index contributed by atoms with van der Waals surface area (Å²) in [5.41, 5.74) is -2.64. The summed E-state index contributed by atoms with van der Waals surface area (Å²) >= 11 is 0. The number of carboxylic acids is 1. The fourth-order valence-corrected chi connectivity index (χ4v) is 2.39. The molecule has 1 aromatic rings. The number of carbonyl (C=O) groups is 2. The van der Waals surface area contributed by atoms with Crippen LogP contribution in [0.5, 0.6) is 0 Å². The Labute approximate surface area is 134 Å². The van der Waals surface area contributed by atoms with Crippen molar-refractivity contribution in [3.05, 3.63) is 34.2 Å². The molecule has 1 aliphatic heterocycles. The summed E-state index contributed by atoms with van der Waals surface area (Å²) in [6.07, 6.45) is -4.66. The molecular weight excluding hydrogens is 333 g/mol. The second-order valence-corrected chi connectivity index (χ2v) is 5.28. The lowest BCUT2D eigenvalue weighted by Gasteiger charge is -2.32. The first-order valence-electron chi connectivity index (χ1n) is 7.06. The molecular formula is C14H15F3N2O5. The number of hydrogen-bond acceptors (Lipinski definition) is 4. The second-order valence-electron chi connectivity index (χ2n) is 5.28. The molecule has 10 heteroatoms. The van der Waals surface area contributed by atoms with Crippen molar-refractivity contribution < 1.29 is 32.6 Å². The minimum Gasteiger partial charge on any atom is -0.481 e. The first-order chi connectivity index (χ1) is 11.2. The van der Waals surface area contributed by atoms with Gasteiger partial charge in [0.25, 0.3) is 5.56 Å². The van der Waals surface area contributed by atoms with E-state index in [-0.39, 0.29) is 26.1 Å². The summed E-state index contributed by atoms with van der Waals surface area (Å²) in [4.78, 5) is 36.0. The van der Waals surface area contributed by atoms with Crippen molar-refractivity contribution in [2.45, 2.75) is 25.2 Å². The molecule has 2 rings (SSSR count). The highest BCUT2D eigenvalue weighted by molar-refractivity contribution is 5.76. The first-order valence-corrected chi connectivity index (χ1v) is 7.06. The number of carbonyl (C=O) groups excluding carboxylic acids is 1. The zero-order valence-corrected chi connectivity index (χ0v) is 12.5. The normalized spacial score (nSPS) is 18.5. The van der Waals surface area contributed by atoms with E-state index in [0.29, 0.717) is 10.6 Å². The molecule has 0 bridgehead atoms. The monoisotopic (exact) mass is 348 g/mol. The number of pyridine rings is 1. The minimum absolute atomic E-state index is 0.0127. The van der Waals surface area contributed by atoms with Gasteiger partial charge in [-0.3, -0.25) is 14.4 Å². The smallest absolute Gasteiger partial charge is 0.421 e. The van der Waals surface area contributed by atoms with Crippen LogP contribution in [0.1, 0.15) is 12.0 Å². The average Bonchev–Trinajstić information content (AvgIpc) is 2.47. The quantitative estimate of drug-likeness (QED) is 0.859. The molecule has 1 amide bonds. The molecule has 1 N–H and O–H groups in total. The van der Waals surface area contributed by atoms with E-state index in [1.807, 2.05) is 0 Å². The topological polar surface area (TPSA) is 88.8 Å². The van der Waals surface area contributed by atoms with Gasteiger partial charge in [-0.05, 0) is 12.1 Å². The number of morpholine rings is 1. The summed E-state index contributed by atoms with van der Waals surface area (Å²) in [6, 6.07) is 1.70. The van der Waals surface area contributed by atoms with Crippen LogP contribution in [0.2, 0.25) is 0 Å². The van der Waals surface area contributed by atoms with Gasteiger partial charge in [-0.15, -0.1) is 0 Å². The van der Waals surface area contributed by atoms with Gasteiger partial charge in [0.2, 0.25) is 5.91 Å². The number of halogens is 3. The average molecular weight is 348 g/mol. The highest BCUT2D eigenvalue weighted by Gasteiger charge is 2.34. The maximum Gasteiger partial charge on any atom is 0.421 e. The Hall–Kier alpha value is -2.36. The van der Waals surface area contributed by atoms with E-state index in [1.54, 1.807) is 0 Å². The molecule has 1 atom stereocenters. The predicted molar refractivity (Wildman–Crippen MR) is 74.3 cm³/mol. The van der Waals surface area contributed by atoms with E-state index in [4.69, 9.17) is 9.84 Å². The third kappa shape index (κ3) is 4.34. The van der Waals surface area contributed by atoms with E-state index in [0.717, 1.165) is 12.3 Å².